The van der Waals surface area contributed by atoms with E-state index in [1.54, 1.807) is 0 Å². The molecule has 0 saturated carbocycles. The Kier molecular flexibility index (Phi) is 2.51. The standard InChI is InChI=1S/C16H22N2/c1-10(17)9-13-11-5-4-6-14(11)18-15-12(13)7-8-16(15,2)3/h1,4-9,17H2,2-3H3. The van der Waals surface area contributed by atoms with Gasteiger partial charge in [-0.3, -0.25) is 4.98 Å². The van der Waals surface area contributed by atoms with Crippen molar-refractivity contribution in [1.29, 1.82) is 0 Å². The van der Waals surface area contributed by atoms with Gasteiger partial charge in [-0.15, -0.1) is 0 Å². The summed E-state index contributed by atoms with van der Waals surface area (Å²) in [6.45, 7) is 8.52. The van der Waals surface area contributed by atoms with Crippen molar-refractivity contribution in [1.82, 2.24) is 4.98 Å². The van der Waals surface area contributed by atoms with Crippen molar-refractivity contribution in [2.75, 3.05) is 0 Å². The van der Waals surface area contributed by atoms with Crippen LogP contribution >= 0.6 is 0 Å². The van der Waals surface area contributed by atoms with E-state index < -0.39 is 0 Å². The molecule has 0 amide bonds. The SMILES string of the molecule is C=C(N)Cc1c2c(nc3c1CCC3(C)C)CCC2. The highest BCUT2D eigenvalue weighted by molar-refractivity contribution is 5.48. The molecule has 2 aliphatic carbocycles. The smallest absolute Gasteiger partial charge is 0.0498 e. The fraction of sp³-hybridized carbons (Fsp3) is 0.562. The highest BCUT2D eigenvalue weighted by Gasteiger charge is 2.35. The molecule has 1 aromatic heterocycles. The fourth-order valence-electron chi connectivity index (χ4n) is 3.53. The molecular weight excluding hydrogens is 220 g/mol. The maximum atomic E-state index is 5.87. The zero-order valence-corrected chi connectivity index (χ0v) is 11.5. The summed E-state index contributed by atoms with van der Waals surface area (Å²) in [6, 6.07) is 0. The van der Waals surface area contributed by atoms with E-state index in [4.69, 9.17) is 10.7 Å². The van der Waals surface area contributed by atoms with Gasteiger partial charge < -0.3 is 5.73 Å². The van der Waals surface area contributed by atoms with E-state index in [9.17, 15) is 0 Å². The monoisotopic (exact) mass is 242 g/mol. The highest BCUT2D eigenvalue weighted by atomic mass is 14.8. The lowest BCUT2D eigenvalue weighted by Crippen LogP contribution is -2.16. The van der Waals surface area contributed by atoms with E-state index in [-0.39, 0.29) is 5.41 Å². The minimum absolute atomic E-state index is 0.234. The molecule has 0 spiro atoms. The van der Waals surface area contributed by atoms with E-state index >= 15 is 0 Å². The number of hydrogen-bond acceptors (Lipinski definition) is 2. The molecule has 3 rings (SSSR count). The predicted octanol–water partition coefficient (Wildman–Crippen LogP) is 2.81. The van der Waals surface area contributed by atoms with Gasteiger partial charge in [-0.2, -0.15) is 0 Å². The average Bonchev–Trinajstić information content (AvgIpc) is 2.84. The molecule has 0 unspecified atom stereocenters. The minimum Gasteiger partial charge on any atom is -0.402 e. The van der Waals surface area contributed by atoms with Crippen LogP contribution in [0.15, 0.2) is 12.3 Å². The number of hydrogen-bond donors (Lipinski definition) is 1. The van der Waals surface area contributed by atoms with Crippen molar-refractivity contribution in [3.05, 3.63) is 40.4 Å². The van der Waals surface area contributed by atoms with E-state index in [1.807, 2.05) is 0 Å². The first kappa shape index (κ1) is 11.8. The molecular formula is C16H22N2. The summed E-state index contributed by atoms with van der Waals surface area (Å²) in [6.07, 6.45) is 6.77. The van der Waals surface area contributed by atoms with Gasteiger partial charge in [0.25, 0.3) is 0 Å². The Labute approximate surface area is 109 Å². The Balaban J connectivity index is 2.20. The summed E-state index contributed by atoms with van der Waals surface area (Å²) in [4.78, 5) is 4.98. The van der Waals surface area contributed by atoms with Crippen LogP contribution in [0, 0.1) is 0 Å². The largest absolute Gasteiger partial charge is 0.402 e. The predicted molar refractivity (Wildman–Crippen MR) is 74.6 cm³/mol. The second-order valence-electron chi connectivity index (χ2n) is 6.42. The lowest BCUT2D eigenvalue weighted by Gasteiger charge is -2.20. The fourth-order valence-corrected chi connectivity index (χ4v) is 3.53. The number of pyridine rings is 1. The number of aryl methyl sites for hydroxylation is 1. The van der Waals surface area contributed by atoms with Gasteiger partial charge in [-0.1, -0.05) is 20.4 Å². The van der Waals surface area contributed by atoms with Crippen LogP contribution in [0.3, 0.4) is 0 Å². The molecule has 0 saturated heterocycles. The molecule has 96 valence electrons. The summed E-state index contributed by atoms with van der Waals surface area (Å²) in [5, 5.41) is 0. The van der Waals surface area contributed by atoms with Gasteiger partial charge in [-0.25, -0.2) is 0 Å². The molecule has 1 heterocycles. The molecule has 0 fully saturated rings. The Morgan fingerprint density at radius 1 is 1.28 bits per heavy atom. The molecule has 0 aromatic carbocycles. The van der Waals surface area contributed by atoms with Crippen LogP contribution < -0.4 is 5.73 Å². The van der Waals surface area contributed by atoms with Gasteiger partial charge in [0.2, 0.25) is 0 Å². The first-order valence-corrected chi connectivity index (χ1v) is 6.96. The normalized spacial score (nSPS) is 19.7. The van der Waals surface area contributed by atoms with Crippen molar-refractivity contribution >= 4 is 0 Å². The van der Waals surface area contributed by atoms with Crippen LogP contribution in [0.5, 0.6) is 0 Å². The summed E-state index contributed by atoms with van der Waals surface area (Å²) in [5.74, 6) is 0. The molecule has 2 nitrogen and oxygen atoms in total. The molecule has 0 bridgehead atoms. The Morgan fingerprint density at radius 2 is 2.06 bits per heavy atom. The van der Waals surface area contributed by atoms with Gasteiger partial charge in [0, 0.05) is 28.9 Å². The number of nitrogens with zero attached hydrogens (tertiary/aromatic N) is 1. The maximum Gasteiger partial charge on any atom is 0.0498 e. The maximum absolute atomic E-state index is 5.87. The quantitative estimate of drug-likeness (QED) is 0.866. The minimum atomic E-state index is 0.234. The average molecular weight is 242 g/mol. The number of nitrogens with two attached hydrogens (primary N) is 1. The van der Waals surface area contributed by atoms with Crippen molar-refractivity contribution in [3.63, 3.8) is 0 Å². The Morgan fingerprint density at radius 3 is 2.78 bits per heavy atom. The first-order valence-electron chi connectivity index (χ1n) is 6.96. The Bertz CT molecular complexity index is 526. The third-order valence-electron chi connectivity index (χ3n) is 4.49. The van der Waals surface area contributed by atoms with E-state index in [2.05, 4.69) is 20.4 Å². The second kappa shape index (κ2) is 3.84. The van der Waals surface area contributed by atoms with Crippen LogP contribution in [-0.4, -0.2) is 4.98 Å². The number of allylic oxidation sites excluding steroid dienone is 1. The third-order valence-corrected chi connectivity index (χ3v) is 4.49. The van der Waals surface area contributed by atoms with Crippen LogP contribution in [0.4, 0.5) is 0 Å². The molecule has 1 aromatic rings. The third kappa shape index (κ3) is 1.66. The lowest BCUT2D eigenvalue weighted by molar-refractivity contribution is 0.508. The molecule has 2 aliphatic rings. The van der Waals surface area contributed by atoms with E-state index in [0.717, 1.165) is 25.0 Å². The van der Waals surface area contributed by atoms with Gasteiger partial charge in [0.15, 0.2) is 0 Å². The van der Waals surface area contributed by atoms with Crippen molar-refractivity contribution in [3.8, 4) is 0 Å². The molecule has 2 N–H and O–H groups in total. The Hall–Kier alpha value is -1.31. The van der Waals surface area contributed by atoms with Crippen LogP contribution in [-0.2, 0) is 31.1 Å². The van der Waals surface area contributed by atoms with E-state index in [0.29, 0.717) is 0 Å². The summed E-state index contributed by atoms with van der Waals surface area (Å²) in [7, 11) is 0. The number of rotatable bonds is 2. The summed E-state index contributed by atoms with van der Waals surface area (Å²) in [5.41, 5.74) is 14.0. The summed E-state index contributed by atoms with van der Waals surface area (Å²) >= 11 is 0. The van der Waals surface area contributed by atoms with Crippen LogP contribution in [0.25, 0.3) is 0 Å². The second-order valence-corrected chi connectivity index (χ2v) is 6.42. The van der Waals surface area contributed by atoms with E-state index in [1.165, 1.54) is 47.3 Å². The van der Waals surface area contributed by atoms with Gasteiger partial charge >= 0.3 is 0 Å². The number of aromatic nitrogens is 1. The molecule has 0 radical (unpaired) electrons. The van der Waals surface area contributed by atoms with Gasteiger partial charge in [0.05, 0.1) is 0 Å². The number of fused-ring (bicyclic) bond motifs is 2. The first-order chi connectivity index (χ1) is 8.49. The summed E-state index contributed by atoms with van der Waals surface area (Å²) < 4.78 is 0. The molecule has 0 aliphatic heterocycles. The van der Waals surface area contributed by atoms with Crippen molar-refractivity contribution in [2.24, 2.45) is 5.73 Å². The highest BCUT2D eigenvalue weighted by Crippen LogP contribution is 2.42. The van der Waals surface area contributed by atoms with Crippen LogP contribution in [0.2, 0.25) is 0 Å². The van der Waals surface area contributed by atoms with Crippen molar-refractivity contribution in [2.45, 2.75) is 57.8 Å². The lowest BCUT2D eigenvalue weighted by atomic mass is 9.89. The topological polar surface area (TPSA) is 38.9 Å². The van der Waals surface area contributed by atoms with Gasteiger partial charge in [0.1, 0.15) is 0 Å². The molecule has 18 heavy (non-hydrogen) atoms. The molecule has 0 atom stereocenters. The zero-order valence-electron chi connectivity index (χ0n) is 11.5. The van der Waals surface area contributed by atoms with Crippen molar-refractivity contribution < 1.29 is 0 Å². The van der Waals surface area contributed by atoms with Crippen LogP contribution in [0.1, 0.15) is 54.8 Å². The van der Waals surface area contributed by atoms with Gasteiger partial charge in [-0.05, 0) is 48.8 Å². The molecule has 2 heteroatoms. The zero-order chi connectivity index (χ0) is 12.9.